The van der Waals surface area contributed by atoms with Crippen LogP contribution in [-0.2, 0) is 4.79 Å². The largest absolute Gasteiger partial charge is 0.396 e. The maximum Gasteiger partial charge on any atom is 0.225 e. The van der Waals surface area contributed by atoms with Crippen molar-refractivity contribution < 1.29 is 9.90 Å². The molecule has 5 nitrogen and oxygen atoms in total. The average molecular weight is 303 g/mol. The molecule has 0 radical (unpaired) electrons. The van der Waals surface area contributed by atoms with Crippen LogP contribution in [0.2, 0.25) is 0 Å². The van der Waals surface area contributed by atoms with Gasteiger partial charge < -0.3 is 15.3 Å². The van der Waals surface area contributed by atoms with Gasteiger partial charge >= 0.3 is 0 Å². The zero-order chi connectivity index (χ0) is 15.6. The molecule has 5 heteroatoms. The number of rotatable bonds is 5. The van der Waals surface area contributed by atoms with Crippen LogP contribution < -0.4 is 10.2 Å². The Morgan fingerprint density at radius 1 is 1.45 bits per heavy atom. The number of aliphatic hydroxyl groups is 1. The molecule has 1 amide bonds. The van der Waals surface area contributed by atoms with Gasteiger partial charge in [-0.3, -0.25) is 4.79 Å². The predicted octanol–water partition coefficient (Wildman–Crippen LogP) is 1.43. The van der Waals surface area contributed by atoms with Crippen molar-refractivity contribution >= 4 is 11.7 Å². The standard InChI is InChI=1S/C17H25N3O2/c1-13-9-20(15-5-2-3-8-18-15)10-14(13)16(22)19-11-17(12-21)6-4-7-17/h2-3,5,8,13-14,21H,4,6-7,9-12H2,1H3,(H,19,22)/t13-,14-/m1/s1. The lowest BCUT2D eigenvalue weighted by molar-refractivity contribution is -0.126. The molecule has 120 valence electrons. The highest BCUT2D eigenvalue weighted by atomic mass is 16.3. The van der Waals surface area contributed by atoms with Crippen LogP contribution in [0.5, 0.6) is 0 Å². The van der Waals surface area contributed by atoms with Crippen LogP contribution >= 0.6 is 0 Å². The molecule has 2 atom stereocenters. The minimum Gasteiger partial charge on any atom is -0.396 e. The lowest BCUT2D eigenvalue weighted by Crippen LogP contribution is -2.46. The first-order chi connectivity index (χ1) is 10.6. The minimum absolute atomic E-state index is 0.00201. The molecule has 1 saturated heterocycles. The maximum absolute atomic E-state index is 12.5. The van der Waals surface area contributed by atoms with Crippen molar-refractivity contribution in [2.24, 2.45) is 17.3 Å². The van der Waals surface area contributed by atoms with Gasteiger partial charge in [0.2, 0.25) is 5.91 Å². The van der Waals surface area contributed by atoms with Crippen molar-refractivity contribution in [3.63, 3.8) is 0 Å². The van der Waals surface area contributed by atoms with E-state index in [0.717, 1.165) is 38.2 Å². The smallest absolute Gasteiger partial charge is 0.225 e. The molecule has 0 aromatic carbocycles. The molecular formula is C17H25N3O2. The summed E-state index contributed by atoms with van der Waals surface area (Å²) in [5, 5.41) is 12.6. The van der Waals surface area contributed by atoms with Crippen molar-refractivity contribution in [1.29, 1.82) is 0 Å². The van der Waals surface area contributed by atoms with Crippen molar-refractivity contribution in [2.45, 2.75) is 26.2 Å². The number of nitrogens with one attached hydrogen (secondary N) is 1. The average Bonchev–Trinajstić information content (AvgIpc) is 2.89. The SMILES string of the molecule is C[C@@H]1CN(c2ccccn2)C[C@H]1C(=O)NCC1(CO)CCC1. The van der Waals surface area contributed by atoms with Gasteiger partial charge in [0.05, 0.1) is 12.5 Å². The lowest BCUT2D eigenvalue weighted by Gasteiger charge is -2.40. The number of amides is 1. The molecule has 0 spiro atoms. The second-order valence-corrected chi connectivity index (χ2v) is 6.91. The molecule has 2 fully saturated rings. The first kappa shape index (κ1) is 15.3. The van der Waals surface area contributed by atoms with E-state index in [1.165, 1.54) is 0 Å². The number of carbonyl (C=O) groups excluding carboxylic acids is 1. The second-order valence-electron chi connectivity index (χ2n) is 6.91. The van der Waals surface area contributed by atoms with Gasteiger partial charge in [-0.05, 0) is 30.9 Å². The Morgan fingerprint density at radius 3 is 2.86 bits per heavy atom. The van der Waals surface area contributed by atoms with Crippen LogP contribution in [0.15, 0.2) is 24.4 Å². The van der Waals surface area contributed by atoms with E-state index >= 15 is 0 Å². The Hall–Kier alpha value is -1.62. The van der Waals surface area contributed by atoms with E-state index in [1.54, 1.807) is 6.20 Å². The monoisotopic (exact) mass is 303 g/mol. The summed E-state index contributed by atoms with van der Waals surface area (Å²) < 4.78 is 0. The van der Waals surface area contributed by atoms with Gasteiger partial charge in [0, 0.05) is 31.2 Å². The molecule has 2 heterocycles. The quantitative estimate of drug-likeness (QED) is 0.864. The summed E-state index contributed by atoms with van der Waals surface area (Å²) in [4.78, 5) is 19.0. The van der Waals surface area contributed by atoms with E-state index in [-0.39, 0.29) is 23.8 Å². The lowest BCUT2D eigenvalue weighted by atomic mass is 9.69. The van der Waals surface area contributed by atoms with Gasteiger partial charge in [-0.2, -0.15) is 0 Å². The van der Waals surface area contributed by atoms with Crippen LogP contribution in [0.25, 0.3) is 0 Å². The molecule has 1 aromatic rings. The van der Waals surface area contributed by atoms with E-state index in [1.807, 2.05) is 18.2 Å². The van der Waals surface area contributed by atoms with E-state index in [2.05, 4.69) is 22.1 Å². The highest BCUT2D eigenvalue weighted by molar-refractivity contribution is 5.80. The number of aliphatic hydroxyl groups excluding tert-OH is 1. The fourth-order valence-electron chi connectivity index (χ4n) is 3.51. The summed E-state index contributed by atoms with van der Waals surface area (Å²) in [6.07, 6.45) is 4.98. The fourth-order valence-corrected chi connectivity index (χ4v) is 3.51. The number of pyridine rings is 1. The molecule has 2 aliphatic rings. The number of aromatic nitrogens is 1. The van der Waals surface area contributed by atoms with Crippen molar-refractivity contribution in [3.8, 4) is 0 Å². The highest BCUT2D eigenvalue weighted by Crippen LogP contribution is 2.39. The summed E-state index contributed by atoms with van der Waals surface area (Å²) in [6.45, 7) is 4.48. The summed E-state index contributed by atoms with van der Waals surface area (Å²) in [7, 11) is 0. The summed E-state index contributed by atoms with van der Waals surface area (Å²) >= 11 is 0. The van der Waals surface area contributed by atoms with Gasteiger partial charge in [0.25, 0.3) is 0 Å². The molecule has 3 rings (SSSR count). The van der Waals surface area contributed by atoms with E-state index in [0.29, 0.717) is 12.5 Å². The third-order valence-electron chi connectivity index (χ3n) is 5.31. The third kappa shape index (κ3) is 2.95. The summed E-state index contributed by atoms with van der Waals surface area (Å²) in [5.74, 6) is 1.37. The first-order valence-electron chi connectivity index (χ1n) is 8.18. The summed E-state index contributed by atoms with van der Waals surface area (Å²) in [6, 6.07) is 5.87. The molecule has 0 bridgehead atoms. The van der Waals surface area contributed by atoms with Gasteiger partial charge in [-0.25, -0.2) is 4.98 Å². The molecule has 0 unspecified atom stereocenters. The van der Waals surface area contributed by atoms with E-state index in [4.69, 9.17) is 0 Å². The second kappa shape index (κ2) is 6.24. The molecule has 2 N–H and O–H groups in total. The molecule has 1 aliphatic heterocycles. The number of carbonyl (C=O) groups is 1. The van der Waals surface area contributed by atoms with Crippen LogP contribution in [0.4, 0.5) is 5.82 Å². The van der Waals surface area contributed by atoms with Gasteiger partial charge in [0.15, 0.2) is 0 Å². The maximum atomic E-state index is 12.5. The molecule has 1 saturated carbocycles. The number of hydrogen-bond acceptors (Lipinski definition) is 4. The van der Waals surface area contributed by atoms with Crippen LogP contribution in [0, 0.1) is 17.3 Å². The van der Waals surface area contributed by atoms with Gasteiger partial charge in [0.1, 0.15) is 5.82 Å². The summed E-state index contributed by atoms with van der Waals surface area (Å²) in [5.41, 5.74) is -0.0574. The molecular weight excluding hydrogens is 278 g/mol. The van der Waals surface area contributed by atoms with E-state index in [9.17, 15) is 9.90 Å². The highest BCUT2D eigenvalue weighted by Gasteiger charge is 2.39. The molecule has 22 heavy (non-hydrogen) atoms. The van der Waals surface area contributed by atoms with Gasteiger partial charge in [-0.15, -0.1) is 0 Å². The topological polar surface area (TPSA) is 65.5 Å². The van der Waals surface area contributed by atoms with Crippen molar-refractivity contribution in [3.05, 3.63) is 24.4 Å². The van der Waals surface area contributed by atoms with Gasteiger partial charge in [-0.1, -0.05) is 19.4 Å². The Morgan fingerprint density at radius 2 is 2.27 bits per heavy atom. The number of nitrogens with zero attached hydrogens (tertiary/aromatic N) is 2. The molecule has 1 aromatic heterocycles. The fraction of sp³-hybridized carbons (Fsp3) is 0.647. The van der Waals surface area contributed by atoms with Crippen molar-refractivity contribution in [1.82, 2.24) is 10.3 Å². The Bertz CT molecular complexity index is 510. The Balaban J connectivity index is 1.57. The van der Waals surface area contributed by atoms with Crippen LogP contribution in [0.1, 0.15) is 26.2 Å². The molecule has 1 aliphatic carbocycles. The van der Waals surface area contributed by atoms with Crippen molar-refractivity contribution in [2.75, 3.05) is 31.1 Å². The van der Waals surface area contributed by atoms with Crippen LogP contribution in [0.3, 0.4) is 0 Å². The first-order valence-corrected chi connectivity index (χ1v) is 8.18. The zero-order valence-corrected chi connectivity index (χ0v) is 13.2. The number of anilines is 1. The third-order valence-corrected chi connectivity index (χ3v) is 5.31. The number of hydrogen-bond donors (Lipinski definition) is 2. The zero-order valence-electron chi connectivity index (χ0n) is 13.2. The Labute approximate surface area is 131 Å². The van der Waals surface area contributed by atoms with Crippen LogP contribution in [-0.4, -0.2) is 42.2 Å². The van der Waals surface area contributed by atoms with E-state index < -0.39 is 0 Å². The normalized spacial score (nSPS) is 26.5. The Kier molecular flexibility index (Phi) is 4.34. The minimum atomic E-state index is -0.0574. The predicted molar refractivity (Wildman–Crippen MR) is 85.5 cm³/mol.